The minimum Gasteiger partial charge on any atom is -0.423 e. The zero-order valence-electron chi connectivity index (χ0n) is 22.4. The van der Waals surface area contributed by atoms with Gasteiger partial charge in [-0.2, -0.15) is 5.01 Å². The van der Waals surface area contributed by atoms with Crippen LogP contribution in [0.15, 0.2) is 66.7 Å². The number of halogens is 2. The van der Waals surface area contributed by atoms with Gasteiger partial charge >= 0.3 is 5.97 Å². The molecule has 0 unspecified atom stereocenters. The van der Waals surface area contributed by atoms with E-state index in [1.807, 2.05) is 0 Å². The molecular formula is C30H23Cl2N3O8. The first-order valence-electron chi connectivity index (χ1n) is 13.3. The first kappa shape index (κ1) is 29.9. The van der Waals surface area contributed by atoms with Crippen molar-refractivity contribution in [1.29, 1.82) is 0 Å². The maximum absolute atomic E-state index is 13.7. The SMILES string of the molecule is O=C(CN(C(=O)c1ccc(Cl)cc1Cl)N1C(=O)[C@@H]2CCCC[C@H]2C1=O)c1ccc(OC(=O)c2ccc([N+](=O)[O-])cc2)cc1. The van der Waals surface area contributed by atoms with E-state index in [1.54, 1.807) is 0 Å². The van der Waals surface area contributed by atoms with E-state index < -0.39 is 52.8 Å². The Bertz CT molecular complexity index is 1620. The molecule has 0 bridgehead atoms. The molecule has 43 heavy (non-hydrogen) atoms. The molecule has 3 aromatic carbocycles. The summed E-state index contributed by atoms with van der Waals surface area (Å²) in [6, 6.07) is 14.5. The van der Waals surface area contributed by atoms with Gasteiger partial charge < -0.3 is 4.74 Å². The molecular weight excluding hydrogens is 601 g/mol. The Morgan fingerprint density at radius 3 is 2.02 bits per heavy atom. The third-order valence-electron chi connectivity index (χ3n) is 7.45. The Hall–Kier alpha value is -4.61. The number of rotatable bonds is 8. The number of hydrazine groups is 1. The number of nitrogens with zero attached hydrogens (tertiary/aromatic N) is 3. The lowest BCUT2D eigenvalue weighted by Crippen LogP contribution is -2.52. The number of nitro groups is 1. The number of ether oxygens (including phenoxy) is 1. The third kappa shape index (κ3) is 6.13. The number of non-ortho nitro benzene ring substituents is 1. The molecule has 1 aliphatic carbocycles. The summed E-state index contributed by atoms with van der Waals surface area (Å²) >= 11 is 12.3. The number of Topliss-reactive ketones (excluding diaryl/α,β-unsaturated/α-hetero) is 1. The van der Waals surface area contributed by atoms with Crippen molar-refractivity contribution < 1.29 is 33.6 Å². The number of hydrogen-bond donors (Lipinski definition) is 0. The van der Waals surface area contributed by atoms with Crippen molar-refractivity contribution in [2.75, 3.05) is 6.54 Å². The van der Waals surface area contributed by atoms with Crippen LogP contribution in [-0.4, -0.2) is 51.0 Å². The van der Waals surface area contributed by atoms with Gasteiger partial charge in [0.15, 0.2) is 5.78 Å². The fourth-order valence-corrected chi connectivity index (χ4v) is 5.73. The number of benzene rings is 3. The Labute approximate surface area is 255 Å². The summed E-state index contributed by atoms with van der Waals surface area (Å²) < 4.78 is 5.29. The average Bonchev–Trinajstić information content (AvgIpc) is 3.25. The lowest BCUT2D eigenvalue weighted by atomic mass is 9.81. The van der Waals surface area contributed by atoms with Crippen molar-refractivity contribution >= 4 is 58.4 Å². The van der Waals surface area contributed by atoms with Crippen molar-refractivity contribution in [2.24, 2.45) is 11.8 Å². The van der Waals surface area contributed by atoms with Gasteiger partial charge in [0.1, 0.15) is 12.3 Å². The lowest BCUT2D eigenvalue weighted by molar-refractivity contribution is -0.384. The second-order valence-electron chi connectivity index (χ2n) is 10.1. The molecule has 3 amide bonds. The summed E-state index contributed by atoms with van der Waals surface area (Å²) in [4.78, 5) is 76.5. The molecule has 0 spiro atoms. The Morgan fingerprint density at radius 1 is 0.884 bits per heavy atom. The Morgan fingerprint density at radius 2 is 1.47 bits per heavy atom. The van der Waals surface area contributed by atoms with Crippen LogP contribution in [0.2, 0.25) is 10.0 Å². The van der Waals surface area contributed by atoms with Gasteiger partial charge in [-0.15, -0.1) is 0 Å². The largest absolute Gasteiger partial charge is 0.423 e. The number of carbonyl (C=O) groups excluding carboxylic acids is 5. The molecule has 0 N–H and O–H groups in total. The fraction of sp³-hybridized carbons (Fsp3) is 0.233. The van der Waals surface area contributed by atoms with Gasteiger partial charge in [-0.1, -0.05) is 36.0 Å². The van der Waals surface area contributed by atoms with Gasteiger partial charge in [0, 0.05) is 22.7 Å². The Balaban J connectivity index is 1.36. The van der Waals surface area contributed by atoms with Crippen LogP contribution in [0.3, 0.4) is 0 Å². The van der Waals surface area contributed by atoms with Crippen LogP contribution in [0.1, 0.15) is 56.8 Å². The molecule has 3 aromatic rings. The van der Waals surface area contributed by atoms with Gasteiger partial charge in [-0.05, 0) is 67.4 Å². The summed E-state index contributed by atoms with van der Waals surface area (Å²) in [5.41, 5.74) is -0.0165. The van der Waals surface area contributed by atoms with Crippen LogP contribution in [0.4, 0.5) is 5.69 Å². The smallest absolute Gasteiger partial charge is 0.343 e. The molecule has 2 fully saturated rings. The van der Waals surface area contributed by atoms with Crippen LogP contribution in [0, 0.1) is 22.0 Å². The average molecular weight is 624 g/mol. The van der Waals surface area contributed by atoms with Gasteiger partial charge in [0.05, 0.1) is 32.9 Å². The van der Waals surface area contributed by atoms with Gasteiger partial charge in [0.2, 0.25) is 0 Å². The summed E-state index contributed by atoms with van der Waals surface area (Å²) in [6.45, 7) is -0.642. The summed E-state index contributed by atoms with van der Waals surface area (Å²) in [5, 5.41) is 12.7. The molecule has 0 aromatic heterocycles. The zero-order chi connectivity index (χ0) is 30.8. The van der Waals surface area contributed by atoms with Crippen molar-refractivity contribution in [3.63, 3.8) is 0 Å². The topological polar surface area (TPSA) is 144 Å². The summed E-state index contributed by atoms with van der Waals surface area (Å²) in [7, 11) is 0. The number of ketones is 1. The van der Waals surface area contributed by atoms with Crippen LogP contribution in [-0.2, 0) is 9.59 Å². The van der Waals surface area contributed by atoms with Crippen LogP contribution in [0.25, 0.3) is 0 Å². The maximum atomic E-state index is 13.7. The van der Waals surface area contributed by atoms with Crippen molar-refractivity contribution in [3.8, 4) is 5.75 Å². The lowest BCUT2D eigenvalue weighted by Gasteiger charge is -2.30. The Kier molecular flexibility index (Phi) is 8.56. The van der Waals surface area contributed by atoms with Crippen LogP contribution < -0.4 is 4.74 Å². The molecule has 5 rings (SSSR count). The highest BCUT2D eigenvalue weighted by molar-refractivity contribution is 6.36. The number of nitro benzene ring substituents is 1. The third-order valence-corrected chi connectivity index (χ3v) is 8.00. The molecule has 13 heteroatoms. The molecule has 1 aliphatic heterocycles. The molecule has 1 saturated heterocycles. The molecule has 2 atom stereocenters. The predicted molar refractivity (Wildman–Crippen MR) is 154 cm³/mol. The van der Waals surface area contributed by atoms with Gasteiger partial charge in [-0.3, -0.25) is 29.3 Å². The van der Waals surface area contributed by atoms with E-state index in [9.17, 15) is 34.1 Å². The van der Waals surface area contributed by atoms with E-state index in [0.29, 0.717) is 12.8 Å². The van der Waals surface area contributed by atoms with Gasteiger partial charge in [-0.25, -0.2) is 9.80 Å². The zero-order valence-corrected chi connectivity index (χ0v) is 23.9. The van der Waals surface area contributed by atoms with E-state index in [0.717, 1.165) is 22.9 Å². The highest BCUT2D eigenvalue weighted by Gasteiger charge is 2.52. The standard InChI is InChI=1S/C30H23Cl2N3O8/c31-19-9-14-24(25(32)15-19)27(37)33(34-28(38)22-3-1-2-4-23(22)29(34)39)16-26(36)17-7-12-21(13-8-17)43-30(40)18-5-10-20(11-6-18)35(41)42/h5-15,22-23H,1-4,16H2/t22-,23-/m1/s1. The fourth-order valence-electron chi connectivity index (χ4n) is 5.24. The van der Waals surface area contributed by atoms with E-state index in [-0.39, 0.29) is 38.2 Å². The highest BCUT2D eigenvalue weighted by atomic mass is 35.5. The first-order valence-corrected chi connectivity index (χ1v) is 14.1. The van der Waals surface area contributed by atoms with Gasteiger partial charge in [0.25, 0.3) is 23.4 Å². The van der Waals surface area contributed by atoms with Crippen LogP contribution in [0.5, 0.6) is 5.75 Å². The monoisotopic (exact) mass is 623 g/mol. The summed E-state index contributed by atoms with van der Waals surface area (Å²) in [5.74, 6) is -4.27. The number of hydrogen-bond acceptors (Lipinski definition) is 8. The molecule has 0 radical (unpaired) electrons. The molecule has 220 valence electrons. The maximum Gasteiger partial charge on any atom is 0.343 e. The number of fused-ring (bicyclic) bond motifs is 1. The van der Waals surface area contributed by atoms with Crippen molar-refractivity contribution in [1.82, 2.24) is 10.0 Å². The molecule has 11 nitrogen and oxygen atoms in total. The minimum atomic E-state index is -0.816. The van der Waals surface area contributed by atoms with E-state index in [2.05, 4.69) is 0 Å². The van der Waals surface area contributed by atoms with E-state index in [4.69, 9.17) is 27.9 Å². The van der Waals surface area contributed by atoms with Crippen molar-refractivity contribution in [2.45, 2.75) is 25.7 Å². The summed E-state index contributed by atoms with van der Waals surface area (Å²) in [6.07, 6.45) is 2.60. The first-order chi connectivity index (χ1) is 20.5. The minimum absolute atomic E-state index is 0.00866. The molecule has 2 aliphatic rings. The number of imide groups is 1. The number of amides is 3. The second kappa shape index (κ2) is 12.3. The second-order valence-corrected chi connectivity index (χ2v) is 11.0. The predicted octanol–water partition coefficient (Wildman–Crippen LogP) is 5.54. The van der Waals surface area contributed by atoms with E-state index in [1.165, 1.54) is 66.7 Å². The quantitative estimate of drug-likeness (QED) is 0.0794. The van der Waals surface area contributed by atoms with E-state index >= 15 is 0 Å². The van der Waals surface area contributed by atoms with Crippen molar-refractivity contribution in [3.05, 3.63) is 104 Å². The normalized spacial score (nSPS) is 17.8. The number of carbonyl (C=O) groups is 5. The number of esters is 1. The molecule has 1 heterocycles. The molecule has 1 saturated carbocycles. The highest BCUT2D eigenvalue weighted by Crippen LogP contribution is 2.39. The van der Waals surface area contributed by atoms with Crippen LogP contribution >= 0.6 is 23.2 Å².